The van der Waals surface area contributed by atoms with Gasteiger partial charge in [0.15, 0.2) is 0 Å². The van der Waals surface area contributed by atoms with E-state index in [0.717, 1.165) is 19.4 Å². The zero-order valence-corrected chi connectivity index (χ0v) is 14.6. The first-order chi connectivity index (χ1) is 10.9. The fourth-order valence-corrected chi connectivity index (χ4v) is 4.34. The number of hydrogen-bond acceptors (Lipinski definition) is 2. The Balaban J connectivity index is 1.77. The smallest absolute Gasteiger partial charge is 0.320 e. The second-order valence-corrected chi connectivity index (χ2v) is 8.32. The monoisotopic (exact) mass is 315 g/mol. The number of aliphatic carboxylic acids is 1. The van der Waals surface area contributed by atoms with Crippen molar-refractivity contribution < 1.29 is 9.90 Å². The highest BCUT2D eigenvalue weighted by atomic mass is 16.4. The van der Waals surface area contributed by atoms with Crippen LogP contribution in [0.1, 0.15) is 64.0 Å². The zero-order valence-electron chi connectivity index (χ0n) is 14.6. The molecule has 2 fully saturated rings. The lowest BCUT2D eigenvalue weighted by molar-refractivity contribution is -0.142. The van der Waals surface area contributed by atoms with E-state index in [4.69, 9.17) is 0 Å². The minimum atomic E-state index is -0.647. The van der Waals surface area contributed by atoms with E-state index in [1.807, 2.05) is 0 Å². The highest BCUT2D eigenvalue weighted by molar-refractivity contribution is 5.74. The van der Waals surface area contributed by atoms with Crippen LogP contribution in [0.3, 0.4) is 0 Å². The van der Waals surface area contributed by atoms with Crippen molar-refractivity contribution in [3.8, 4) is 0 Å². The summed E-state index contributed by atoms with van der Waals surface area (Å²) in [5, 5.41) is 9.62. The maximum atomic E-state index is 11.7. The maximum Gasteiger partial charge on any atom is 0.320 e. The number of hydrogen-bond donors (Lipinski definition) is 1. The number of carboxylic acid groups (broad SMARTS) is 1. The molecule has 0 spiro atoms. The molecule has 1 saturated carbocycles. The predicted octanol–water partition coefficient (Wildman–Crippen LogP) is 4.20. The molecule has 0 bridgehead atoms. The van der Waals surface area contributed by atoms with Crippen molar-refractivity contribution in [2.75, 3.05) is 0 Å². The molecule has 3 nitrogen and oxygen atoms in total. The first-order valence-electron chi connectivity index (χ1n) is 8.94. The largest absolute Gasteiger partial charge is 0.480 e. The van der Waals surface area contributed by atoms with E-state index in [1.165, 1.54) is 30.4 Å². The van der Waals surface area contributed by atoms with Gasteiger partial charge in [0.25, 0.3) is 0 Å². The fourth-order valence-electron chi connectivity index (χ4n) is 4.34. The van der Waals surface area contributed by atoms with E-state index in [9.17, 15) is 9.90 Å². The second-order valence-electron chi connectivity index (χ2n) is 8.32. The highest BCUT2D eigenvalue weighted by Crippen LogP contribution is 2.40. The van der Waals surface area contributed by atoms with Gasteiger partial charge in [0, 0.05) is 12.6 Å². The first-order valence-corrected chi connectivity index (χ1v) is 8.94. The molecule has 1 aliphatic carbocycles. The molecule has 2 aliphatic rings. The van der Waals surface area contributed by atoms with Gasteiger partial charge in [0.1, 0.15) is 6.04 Å². The van der Waals surface area contributed by atoms with Crippen molar-refractivity contribution in [2.24, 2.45) is 5.92 Å². The summed E-state index contributed by atoms with van der Waals surface area (Å²) in [6.45, 7) is 7.42. The van der Waals surface area contributed by atoms with Gasteiger partial charge in [0.2, 0.25) is 0 Å². The molecular weight excluding hydrogens is 286 g/mol. The molecule has 1 aromatic carbocycles. The molecule has 3 heteroatoms. The molecule has 0 aromatic heterocycles. The molecule has 1 N–H and O–H groups in total. The predicted molar refractivity (Wildman–Crippen MR) is 92.5 cm³/mol. The van der Waals surface area contributed by atoms with Crippen molar-refractivity contribution in [1.82, 2.24) is 4.90 Å². The van der Waals surface area contributed by atoms with E-state index in [1.54, 1.807) is 0 Å². The van der Waals surface area contributed by atoms with Gasteiger partial charge in [-0.15, -0.1) is 0 Å². The molecule has 3 atom stereocenters. The Hall–Kier alpha value is -1.35. The van der Waals surface area contributed by atoms with Crippen LogP contribution in [-0.2, 0) is 16.8 Å². The lowest BCUT2D eigenvalue weighted by Crippen LogP contribution is -2.41. The summed E-state index contributed by atoms with van der Waals surface area (Å²) in [7, 11) is 0. The van der Waals surface area contributed by atoms with E-state index in [-0.39, 0.29) is 11.5 Å². The third-order valence-corrected chi connectivity index (χ3v) is 5.69. The summed E-state index contributed by atoms with van der Waals surface area (Å²) in [6, 6.07) is 8.90. The second kappa shape index (κ2) is 6.27. The Labute approximate surface area is 139 Å². The molecule has 0 radical (unpaired) electrons. The molecule has 3 rings (SSSR count). The summed E-state index contributed by atoms with van der Waals surface area (Å²) in [4.78, 5) is 14.0. The van der Waals surface area contributed by atoms with Crippen molar-refractivity contribution in [1.29, 1.82) is 0 Å². The summed E-state index contributed by atoms with van der Waals surface area (Å²) in [6.07, 6.45) is 5.71. The average molecular weight is 315 g/mol. The quantitative estimate of drug-likeness (QED) is 0.908. The van der Waals surface area contributed by atoms with Crippen LogP contribution in [0.25, 0.3) is 0 Å². The Morgan fingerprint density at radius 1 is 1.17 bits per heavy atom. The molecule has 3 unspecified atom stereocenters. The fraction of sp³-hybridized carbons (Fsp3) is 0.650. The van der Waals surface area contributed by atoms with Crippen LogP contribution in [0.5, 0.6) is 0 Å². The van der Waals surface area contributed by atoms with E-state index in [0.29, 0.717) is 12.0 Å². The summed E-state index contributed by atoms with van der Waals surface area (Å²) in [5.74, 6) is -0.0654. The number of benzene rings is 1. The maximum absolute atomic E-state index is 11.7. The topological polar surface area (TPSA) is 40.5 Å². The Morgan fingerprint density at radius 2 is 1.83 bits per heavy atom. The lowest BCUT2D eigenvalue weighted by Gasteiger charge is -2.33. The Bertz CT molecular complexity index is 558. The standard InChI is InChI=1S/C20H29NO2/c1-20(2,3)16-10-8-14(9-11-16)13-21-17-7-5-4-6-15(17)12-18(21)19(22)23/h8-11,15,17-18H,4-7,12-13H2,1-3H3,(H,22,23). The van der Waals surface area contributed by atoms with Crippen molar-refractivity contribution in [3.63, 3.8) is 0 Å². The highest BCUT2D eigenvalue weighted by Gasteiger charge is 2.44. The van der Waals surface area contributed by atoms with Crippen LogP contribution in [0.4, 0.5) is 0 Å². The minimum Gasteiger partial charge on any atom is -0.480 e. The Morgan fingerprint density at radius 3 is 2.43 bits per heavy atom. The summed E-state index contributed by atoms with van der Waals surface area (Å²) >= 11 is 0. The number of nitrogens with zero attached hydrogens (tertiary/aromatic N) is 1. The van der Waals surface area contributed by atoms with Crippen molar-refractivity contribution in [2.45, 2.75) is 76.9 Å². The number of carboxylic acids is 1. The van der Waals surface area contributed by atoms with Gasteiger partial charge < -0.3 is 5.11 Å². The van der Waals surface area contributed by atoms with Gasteiger partial charge in [0.05, 0.1) is 0 Å². The van der Waals surface area contributed by atoms with Crippen molar-refractivity contribution >= 4 is 5.97 Å². The van der Waals surface area contributed by atoms with Crippen LogP contribution >= 0.6 is 0 Å². The molecule has 1 aliphatic heterocycles. The van der Waals surface area contributed by atoms with Gasteiger partial charge in [-0.3, -0.25) is 9.69 Å². The number of fused-ring (bicyclic) bond motifs is 1. The molecule has 1 saturated heterocycles. The molecule has 126 valence electrons. The molecule has 1 aromatic rings. The van der Waals surface area contributed by atoms with Gasteiger partial charge >= 0.3 is 5.97 Å². The van der Waals surface area contributed by atoms with E-state index < -0.39 is 5.97 Å². The van der Waals surface area contributed by atoms with E-state index >= 15 is 0 Å². The van der Waals surface area contributed by atoms with Crippen LogP contribution in [0, 0.1) is 5.92 Å². The summed E-state index contributed by atoms with van der Waals surface area (Å²) in [5.41, 5.74) is 2.72. The van der Waals surface area contributed by atoms with Gasteiger partial charge in [-0.1, -0.05) is 57.9 Å². The number of carbonyl (C=O) groups is 1. The van der Waals surface area contributed by atoms with E-state index in [2.05, 4.69) is 49.9 Å². The third-order valence-electron chi connectivity index (χ3n) is 5.69. The number of likely N-dealkylation sites (tertiary alicyclic amines) is 1. The van der Waals surface area contributed by atoms with Crippen LogP contribution in [0.15, 0.2) is 24.3 Å². The minimum absolute atomic E-state index is 0.157. The van der Waals surface area contributed by atoms with Crippen LogP contribution in [0.2, 0.25) is 0 Å². The van der Waals surface area contributed by atoms with Crippen LogP contribution in [-0.4, -0.2) is 28.1 Å². The first kappa shape index (κ1) is 16.5. The summed E-state index contributed by atoms with van der Waals surface area (Å²) < 4.78 is 0. The lowest BCUT2D eigenvalue weighted by atomic mass is 9.84. The molecular formula is C20H29NO2. The van der Waals surface area contributed by atoms with Crippen molar-refractivity contribution in [3.05, 3.63) is 35.4 Å². The third kappa shape index (κ3) is 3.45. The molecule has 0 amide bonds. The van der Waals surface area contributed by atoms with Crippen LogP contribution < -0.4 is 0 Å². The zero-order chi connectivity index (χ0) is 16.6. The van der Waals surface area contributed by atoms with Gasteiger partial charge in [-0.05, 0) is 41.7 Å². The van der Waals surface area contributed by atoms with Gasteiger partial charge in [-0.2, -0.15) is 0 Å². The van der Waals surface area contributed by atoms with Gasteiger partial charge in [-0.25, -0.2) is 0 Å². The Kier molecular flexibility index (Phi) is 4.50. The average Bonchev–Trinajstić information content (AvgIpc) is 2.86. The molecule has 23 heavy (non-hydrogen) atoms. The normalized spacial score (nSPS) is 28.6. The SMILES string of the molecule is CC(C)(C)c1ccc(CN2C(C(=O)O)CC3CCCCC32)cc1. The number of rotatable bonds is 3. The molecule has 1 heterocycles.